The van der Waals surface area contributed by atoms with E-state index in [1.807, 2.05) is 7.05 Å². The van der Waals surface area contributed by atoms with E-state index in [1.165, 1.54) is 16.8 Å². The number of allylic oxidation sites excluding steroid dienone is 1. The Morgan fingerprint density at radius 3 is 2.16 bits per heavy atom. The van der Waals surface area contributed by atoms with Crippen molar-refractivity contribution in [3.05, 3.63) is 65.7 Å². The van der Waals surface area contributed by atoms with Crippen LogP contribution in [0.1, 0.15) is 86.3 Å². The van der Waals surface area contributed by atoms with E-state index in [4.69, 9.17) is 4.74 Å². The molecule has 2 rings (SSSR count). The van der Waals surface area contributed by atoms with Crippen molar-refractivity contribution in [2.24, 2.45) is 16.7 Å². The van der Waals surface area contributed by atoms with Gasteiger partial charge < -0.3 is 15.0 Å². The Balaban J connectivity index is 1.96. The maximum absolute atomic E-state index is 13.0. The number of anilines is 2. The average Bonchev–Trinajstić information content (AvgIpc) is 2.84. The van der Waals surface area contributed by atoms with E-state index in [0.29, 0.717) is 13.2 Å². The lowest BCUT2D eigenvalue weighted by molar-refractivity contribution is -0.153. The van der Waals surface area contributed by atoms with Crippen LogP contribution >= 0.6 is 0 Å². The van der Waals surface area contributed by atoms with Crippen molar-refractivity contribution >= 4 is 23.4 Å². The zero-order valence-electron chi connectivity index (χ0n) is 25.7. The molecule has 0 heterocycles. The molecule has 0 aliphatic rings. The number of para-hydroxylation sites is 1. The molecule has 0 radical (unpaired) electrons. The molecular formula is C34H52N2O2. The van der Waals surface area contributed by atoms with E-state index in [9.17, 15) is 4.79 Å². The third-order valence-corrected chi connectivity index (χ3v) is 7.26. The van der Waals surface area contributed by atoms with Crippen LogP contribution in [0.25, 0.3) is 6.08 Å². The number of nitrogens with zero attached hydrogens (tertiary/aromatic N) is 1. The molecule has 1 unspecified atom stereocenters. The maximum atomic E-state index is 13.0. The SMILES string of the molecule is CCN(CCOC(=O)C(CC(C)(C)C)C(C)(C)C)c1ccc(/C=C/CC(C)(C)c2ccccc2NC)cc1. The van der Waals surface area contributed by atoms with Crippen LogP contribution in [0.3, 0.4) is 0 Å². The lowest BCUT2D eigenvalue weighted by Crippen LogP contribution is -2.35. The van der Waals surface area contributed by atoms with E-state index < -0.39 is 0 Å². The number of hydrogen-bond acceptors (Lipinski definition) is 4. The highest BCUT2D eigenvalue weighted by atomic mass is 16.5. The predicted octanol–water partition coefficient (Wildman–Crippen LogP) is 8.58. The van der Waals surface area contributed by atoms with Crippen molar-refractivity contribution in [3.63, 3.8) is 0 Å². The smallest absolute Gasteiger partial charge is 0.309 e. The molecule has 0 spiro atoms. The number of rotatable bonds is 12. The van der Waals surface area contributed by atoms with Gasteiger partial charge in [-0.2, -0.15) is 0 Å². The quantitative estimate of drug-likeness (QED) is 0.285. The third-order valence-electron chi connectivity index (χ3n) is 7.26. The van der Waals surface area contributed by atoms with Gasteiger partial charge in [-0.1, -0.05) is 97.9 Å². The zero-order valence-corrected chi connectivity index (χ0v) is 25.7. The summed E-state index contributed by atoms with van der Waals surface area (Å²) in [6.45, 7) is 21.6. The van der Waals surface area contributed by atoms with Gasteiger partial charge in [0, 0.05) is 25.0 Å². The largest absolute Gasteiger partial charge is 0.464 e. The van der Waals surface area contributed by atoms with Crippen LogP contribution in [-0.4, -0.2) is 32.7 Å². The third kappa shape index (κ3) is 9.53. The van der Waals surface area contributed by atoms with Crippen LogP contribution in [-0.2, 0) is 14.9 Å². The van der Waals surface area contributed by atoms with Gasteiger partial charge >= 0.3 is 5.97 Å². The number of ether oxygens (including phenoxy) is 1. The molecular weight excluding hydrogens is 468 g/mol. The molecule has 0 fully saturated rings. The fraction of sp³-hybridized carbons (Fsp3) is 0.559. The molecule has 0 amide bonds. The Bertz CT molecular complexity index is 1040. The number of hydrogen-bond donors (Lipinski definition) is 1. The van der Waals surface area contributed by atoms with Gasteiger partial charge in [0.1, 0.15) is 6.61 Å². The summed E-state index contributed by atoms with van der Waals surface area (Å²) < 4.78 is 5.80. The molecule has 0 bridgehead atoms. The van der Waals surface area contributed by atoms with Crippen LogP contribution in [0.4, 0.5) is 11.4 Å². The first-order valence-electron chi connectivity index (χ1n) is 14.1. The average molecular weight is 521 g/mol. The standard InChI is InChI=1S/C34H52N2O2/c1-11-36(23-24-38-31(37)29(33(5,6)7)25-32(2,3)4)27-20-18-26(19-21-27)15-14-22-34(8,9)28-16-12-13-17-30(28)35-10/h12-21,29,35H,11,22-25H2,1-10H3/b15-14+. The Morgan fingerprint density at radius 2 is 1.61 bits per heavy atom. The van der Waals surface area contributed by atoms with Crippen molar-refractivity contribution in [2.75, 3.05) is 37.0 Å². The molecule has 0 aromatic heterocycles. The first kappa shape index (κ1) is 31.5. The normalized spacial score (nSPS) is 13.4. The lowest BCUT2D eigenvalue weighted by Gasteiger charge is -2.34. The van der Waals surface area contributed by atoms with Gasteiger partial charge in [-0.3, -0.25) is 4.79 Å². The zero-order chi connectivity index (χ0) is 28.6. The Labute approximate surface area is 232 Å². The van der Waals surface area contributed by atoms with Crippen LogP contribution in [0.5, 0.6) is 0 Å². The maximum Gasteiger partial charge on any atom is 0.309 e. The second-order valence-electron chi connectivity index (χ2n) is 13.3. The van der Waals surface area contributed by atoms with Crippen LogP contribution in [0.2, 0.25) is 0 Å². The minimum Gasteiger partial charge on any atom is -0.464 e. The summed E-state index contributed by atoms with van der Waals surface area (Å²) in [5.74, 6) is -0.190. The molecule has 2 aromatic carbocycles. The van der Waals surface area contributed by atoms with Crippen LogP contribution in [0.15, 0.2) is 54.6 Å². The Kier molecular flexibility index (Phi) is 11.1. The van der Waals surface area contributed by atoms with Gasteiger partial charge in [0.25, 0.3) is 0 Å². The number of likely N-dealkylation sites (N-methyl/N-ethyl adjacent to an activating group) is 1. The first-order chi connectivity index (χ1) is 17.7. The molecule has 1 atom stereocenters. The highest BCUT2D eigenvalue weighted by Gasteiger charge is 2.35. The van der Waals surface area contributed by atoms with Crippen molar-refractivity contribution in [1.29, 1.82) is 0 Å². The van der Waals surface area contributed by atoms with Crippen molar-refractivity contribution in [1.82, 2.24) is 0 Å². The summed E-state index contributed by atoms with van der Waals surface area (Å²) >= 11 is 0. The molecule has 1 N–H and O–H groups in total. The van der Waals surface area contributed by atoms with E-state index in [0.717, 1.165) is 25.1 Å². The number of benzene rings is 2. The molecule has 0 aliphatic carbocycles. The lowest BCUT2D eigenvalue weighted by atomic mass is 9.72. The number of carbonyl (C=O) groups excluding carboxylic acids is 1. The van der Waals surface area contributed by atoms with Gasteiger partial charge in [0.15, 0.2) is 0 Å². The molecule has 2 aromatic rings. The number of carbonyl (C=O) groups is 1. The van der Waals surface area contributed by atoms with Gasteiger partial charge in [0.2, 0.25) is 0 Å². The summed E-state index contributed by atoms with van der Waals surface area (Å²) in [6.07, 6.45) is 6.24. The molecule has 0 saturated carbocycles. The van der Waals surface area contributed by atoms with Crippen LogP contribution < -0.4 is 10.2 Å². The van der Waals surface area contributed by atoms with E-state index in [-0.39, 0.29) is 28.1 Å². The highest BCUT2D eigenvalue weighted by Crippen LogP contribution is 2.37. The predicted molar refractivity (Wildman–Crippen MR) is 165 cm³/mol. The number of nitrogens with one attached hydrogen (secondary N) is 1. The summed E-state index contributed by atoms with van der Waals surface area (Å²) in [5.41, 5.74) is 4.83. The summed E-state index contributed by atoms with van der Waals surface area (Å²) in [7, 11) is 1.98. The van der Waals surface area contributed by atoms with Gasteiger partial charge in [0.05, 0.1) is 12.5 Å². The topological polar surface area (TPSA) is 41.6 Å². The highest BCUT2D eigenvalue weighted by molar-refractivity contribution is 5.73. The first-order valence-corrected chi connectivity index (χ1v) is 14.1. The fourth-order valence-electron chi connectivity index (χ4n) is 4.87. The summed E-state index contributed by atoms with van der Waals surface area (Å²) in [5, 5.41) is 3.32. The summed E-state index contributed by atoms with van der Waals surface area (Å²) in [6, 6.07) is 17.2. The Morgan fingerprint density at radius 1 is 0.974 bits per heavy atom. The Hall–Kier alpha value is -2.75. The number of esters is 1. The molecule has 4 nitrogen and oxygen atoms in total. The molecule has 38 heavy (non-hydrogen) atoms. The summed E-state index contributed by atoms with van der Waals surface area (Å²) in [4.78, 5) is 15.2. The van der Waals surface area contributed by atoms with Crippen LogP contribution in [0, 0.1) is 16.7 Å². The second kappa shape index (κ2) is 13.4. The van der Waals surface area contributed by atoms with E-state index >= 15 is 0 Å². The minimum absolute atomic E-state index is 0.0331. The van der Waals surface area contributed by atoms with Gasteiger partial charge in [-0.15, -0.1) is 0 Å². The minimum atomic E-state index is -0.121. The molecule has 210 valence electrons. The van der Waals surface area contributed by atoms with Gasteiger partial charge in [-0.25, -0.2) is 0 Å². The van der Waals surface area contributed by atoms with Crippen molar-refractivity contribution in [2.45, 2.75) is 80.6 Å². The van der Waals surface area contributed by atoms with E-state index in [2.05, 4.69) is 133 Å². The monoisotopic (exact) mass is 520 g/mol. The molecule has 0 saturated heterocycles. The second-order valence-corrected chi connectivity index (χ2v) is 13.3. The molecule has 0 aliphatic heterocycles. The van der Waals surface area contributed by atoms with Gasteiger partial charge in [-0.05, 0) is 65.3 Å². The van der Waals surface area contributed by atoms with Crippen molar-refractivity contribution in [3.8, 4) is 0 Å². The molecule has 4 heteroatoms. The van der Waals surface area contributed by atoms with Crippen molar-refractivity contribution < 1.29 is 9.53 Å². The van der Waals surface area contributed by atoms with E-state index in [1.54, 1.807) is 0 Å². The fourth-order valence-corrected chi connectivity index (χ4v) is 4.87.